The van der Waals surface area contributed by atoms with Crippen molar-refractivity contribution in [2.24, 2.45) is 0 Å². The summed E-state index contributed by atoms with van der Waals surface area (Å²) in [7, 11) is -3.72. The third-order valence-corrected chi connectivity index (χ3v) is 5.26. The second kappa shape index (κ2) is 6.78. The van der Waals surface area contributed by atoms with Gasteiger partial charge in [-0.1, -0.05) is 30.3 Å². The number of nitro groups is 1. The molecule has 0 bridgehead atoms. The molecule has 0 heterocycles. The first-order valence-electron chi connectivity index (χ1n) is 7.14. The monoisotopic (exact) mass is 334 g/mol. The lowest BCUT2D eigenvalue weighted by Gasteiger charge is -2.23. The predicted octanol–water partition coefficient (Wildman–Crippen LogP) is 3.26. The third kappa shape index (κ3) is 3.87. The average Bonchev–Trinajstić information content (AvgIpc) is 2.47. The number of rotatable bonds is 6. The van der Waals surface area contributed by atoms with E-state index in [1.807, 2.05) is 13.0 Å². The summed E-state index contributed by atoms with van der Waals surface area (Å²) < 4.78 is 26.7. The molecule has 7 heteroatoms. The van der Waals surface area contributed by atoms with Crippen molar-refractivity contribution >= 4 is 21.4 Å². The second-order valence-electron chi connectivity index (χ2n) is 5.15. The van der Waals surface area contributed by atoms with Crippen molar-refractivity contribution in [1.29, 1.82) is 0 Å². The molecule has 2 rings (SSSR count). The van der Waals surface area contributed by atoms with Gasteiger partial charge in [0.25, 0.3) is 5.69 Å². The Hall–Kier alpha value is -2.41. The quantitative estimate of drug-likeness (QED) is 0.600. The Kier molecular flexibility index (Phi) is 5.00. The Morgan fingerprint density at radius 3 is 2.43 bits per heavy atom. The number of anilines is 1. The fraction of sp³-hybridized carbons (Fsp3) is 0.250. The Morgan fingerprint density at radius 2 is 1.83 bits per heavy atom. The molecule has 2 aromatic rings. The van der Waals surface area contributed by atoms with Crippen LogP contribution in [0, 0.1) is 17.0 Å². The van der Waals surface area contributed by atoms with Crippen LogP contribution in [0.15, 0.2) is 48.5 Å². The van der Waals surface area contributed by atoms with Crippen molar-refractivity contribution in [3.05, 3.63) is 69.8 Å². The number of nitrogens with zero attached hydrogens (tertiary/aromatic N) is 2. The first-order valence-corrected chi connectivity index (χ1v) is 8.75. The second-order valence-corrected chi connectivity index (χ2v) is 7.04. The zero-order chi connectivity index (χ0) is 17.0. The molecule has 0 N–H and O–H groups in total. The maximum absolute atomic E-state index is 12.7. The molecule has 2 aromatic carbocycles. The molecule has 0 saturated heterocycles. The van der Waals surface area contributed by atoms with E-state index in [0.717, 1.165) is 5.56 Å². The van der Waals surface area contributed by atoms with Crippen molar-refractivity contribution in [2.75, 3.05) is 10.8 Å². The minimum atomic E-state index is -3.72. The SMILES string of the molecule is CCN(c1cccc(C)c1)S(=O)(=O)Cc1ccccc1[N+](=O)[O-]. The maximum Gasteiger partial charge on any atom is 0.273 e. The van der Waals surface area contributed by atoms with Gasteiger partial charge < -0.3 is 0 Å². The van der Waals surface area contributed by atoms with Crippen LogP contribution in [0.25, 0.3) is 0 Å². The van der Waals surface area contributed by atoms with Crippen molar-refractivity contribution in [3.63, 3.8) is 0 Å². The molecule has 0 saturated carbocycles. The van der Waals surface area contributed by atoms with Crippen LogP contribution in [0.1, 0.15) is 18.1 Å². The summed E-state index contributed by atoms with van der Waals surface area (Å²) in [6, 6.07) is 13.1. The predicted molar refractivity (Wildman–Crippen MR) is 89.9 cm³/mol. The summed E-state index contributed by atoms with van der Waals surface area (Å²) in [5, 5.41) is 11.1. The summed E-state index contributed by atoms with van der Waals surface area (Å²) in [5.74, 6) is -0.411. The molecule has 0 spiro atoms. The lowest BCUT2D eigenvalue weighted by atomic mass is 10.2. The van der Waals surface area contributed by atoms with Gasteiger partial charge in [-0.2, -0.15) is 0 Å². The number of hydrogen-bond acceptors (Lipinski definition) is 4. The third-order valence-electron chi connectivity index (χ3n) is 3.44. The number of para-hydroxylation sites is 1. The first kappa shape index (κ1) is 17.0. The molecule has 0 aliphatic rings. The molecule has 23 heavy (non-hydrogen) atoms. The Morgan fingerprint density at radius 1 is 1.13 bits per heavy atom. The maximum atomic E-state index is 12.7. The van der Waals surface area contributed by atoms with Crippen LogP contribution in [-0.2, 0) is 15.8 Å². The van der Waals surface area contributed by atoms with Crippen LogP contribution in [0.5, 0.6) is 0 Å². The van der Waals surface area contributed by atoms with E-state index in [2.05, 4.69) is 0 Å². The molecule has 0 fully saturated rings. The van der Waals surface area contributed by atoms with E-state index in [1.54, 1.807) is 31.2 Å². The van der Waals surface area contributed by atoms with Crippen LogP contribution < -0.4 is 4.31 Å². The minimum absolute atomic E-state index is 0.184. The number of aryl methyl sites for hydroxylation is 1. The standard InChI is InChI=1S/C16H18N2O4S/c1-3-17(15-9-6-7-13(2)11-15)23(21,22)12-14-8-4-5-10-16(14)18(19)20/h4-11H,3,12H2,1-2H3. The van der Waals surface area contributed by atoms with Crippen LogP contribution in [0.3, 0.4) is 0 Å². The fourth-order valence-electron chi connectivity index (χ4n) is 2.41. The van der Waals surface area contributed by atoms with E-state index >= 15 is 0 Å². The van der Waals surface area contributed by atoms with Crippen LogP contribution >= 0.6 is 0 Å². The van der Waals surface area contributed by atoms with Gasteiger partial charge in [0.15, 0.2) is 0 Å². The Balaban J connectivity index is 2.39. The van der Waals surface area contributed by atoms with Crippen molar-refractivity contribution in [1.82, 2.24) is 0 Å². The van der Waals surface area contributed by atoms with E-state index in [4.69, 9.17) is 0 Å². The zero-order valence-electron chi connectivity index (χ0n) is 13.0. The summed E-state index contributed by atoms with van der Waals surface area (Å²) in [5.41, 5.74) is 1.51. The lowest BCUT2D eigenvalue weighted by Crippen LogP contribution is -2.32. The van der Waals surface area contributed by atoms with Gasteiger partial charge in [-0.05, 0) is 31.5 Å². The normalized spacial score (nSPS) is 11.2. The zero-order valence-corrected chi connectivity index (χ0v) is 13.8. The Labute approximate surface area is 135 Å². The highest BCUT2D eigenvalue weighted by atomic mass is 32.2. The average molecular weight is 334 g/mol. The molecule has 0 unspecified atom stereocenters. The highest BCUT2D eigenvalue weighted by Crippen LogP contribution is 2.25. The van der Waals surface area contributed by atoms with Crippen molar-refractivity contribution in [3.8, 4) is 0 Å². The number of sulfonamides is 1. The molecular weight excluding hydrogens is 316 g/mol. The molecule has 0 atom stereocenters. The largest absolute Gasteiger partial charge is 0.273 e. The molecular formula is C16H18N2O4S. The molecule has 0 aliphatic heterocycles. The van der Waals surface area contributed by atoms with Gasteiger partial charge in [-0.15, -0.1) is 0 Å². The van der Waals surface area contributed by atoms with Crippen LogP contribution in [-0.4, -0.2) is 19.9 Å². The van der Waals surface area contributed by atoms with E-state index < -0.39 is 20.7 Å². The molecule has 0 aromatic heterocycles. The highest BCUT2D eigenvalue weighted by Gasteiger charge is 2.25. The topological polar surface area (TPSA) is 80.5 Å². The van der Waals surface area contributed by atoms with Gasteiger partial charge in [0.1, 0.15) is 5.75 Å². The lowest BCUT2D eigenvalue weighted by molar-refractivity contribution is -0.385. The van der Waals surface area contributed by atoms with Gasteiger partial charge in [0.05, 0.1) is 10.6 Å². The molecule has 0 radical (unpaired) electrons. The van der Waals surface area contributed by atoms with Gasteiger partial charge >= 0.3 is 0 Å². The highest BCUT2D eigenvalue weighted by molar-refractivity contribution is 7.92. The first-order chi connectivity index (χ1) is 10.8. The smallest absolute Gasteiger partial charge is 0.270 e. The summed E-state index contributed by atoms with van der Waals surface area (Å²) >= 11 is 0. The van der Waals surface area contributed by atoms with Gasteiger partial charge in [-0.3, -0.25) is 14.4 Å². The van der Waals surface area contributed by atoms with Crippen molar-refractivity contribution in [2.45, 2.75) is 19.6 Å². The molecule has 122 valence electrons. The Bertz CT molecular complexity index is 818. The van der Waals surface area contributed by atoms with Gasteiger partial charge in [0.2, 0.25) is 10.0 Å². The fourth-order valence-corrected chi connectivity index (χ4v) is 4.03. The number of benzene rings is 2. The van der Waals surface area contributed by atoms with Gasteiger partial charge in [0, 0.05) is 18.2 Å². The van der Waals surface area contributed by atoms with E-state index in [-0.39, 0.29) is 17.8 Å². The summed E-state index contributed by atoms with van der Waals surface area (Å²) in [4.78, 5) is 10.5. The number of hydrogen-bond donors (Lipinski definition) is 0. The van der Waals surface area contributed by atoms with Crippen LogP contribution in [0.4, 0.5) is 11.4 Å². The van der Waals surface area contributed by atoms with Crippen molar-refractivity contribution < 1.29 is 13.3 Å². The molecule has 0 amide bonds. The molecule has 6 nitrogen and oxygen atoms in total. The summed E-state index contributed by atoms with van der Waals surface area (Å²) in [6.45, 7) is 3.87. The van der Waals surface area contributed by atoms with E-state index in [0.29, 0.717) is 5.69 Å². The van der Waals surface area contributed by atoms with Crippen LogP contribution in [0.2, 0.25) is 0 Å². The number of nitro benzene ring substituents is 1. The van der Waals surface area contributed by atoms with E-state index in [9.17, 15) is 18.5 Å². The van der Waals surface area contributed by atoms with Gasteiger partial charge in [-0.25, -0.2) is 8.42 Å². The molecule has 0 aliphatic carbocycles. The summed E-state index contributed by atoms with van der Waals surface area (Å²) in [6.07, 6.45) is 0. The minimum Gasteiger partial charge on any atom is -0.270 e. The van der Waals surface area contributed by atoms with E-state index in [1.165, 1.54) is 22.5 Å².